The summed E-state index contributed by atoms with van der Waals surface area (Å²) in [5, 5.41) is 11.2. The molecule has 1 saturated carbocycles. The molecule has 9 nitrogen and oxygen atoms in total. The summed E-state index contributed by atoms with van der Waals surface area (Å²) in [6, 6.07) is 5.92. The van der Waals surface area contributed by atoms with Crippen molar-refractivity contribution in [2.24, 2.45) is 0 Å². The maximum Gasteiger partial charge on any atom is 1.00 e. The zero-order valence-electron chi connectivity index (χ0n) is 20.5. The predicted molar refractivity (Wildman–Crippen MR) is 132 cm³/mol. The first-order valence-electron chi connectivity index (χ1n) is 11.8. The van der Waals surface area contributed by atoms with Gasteiger partial charge in [0, 0.05) is 42.8 Å². The Balaban J connectivity index is 0.00000294. The van der Waals surface area contributed by atoms with Gasteiger partial charge in [0.2, 0.25) is 5.95 Å². The van der Waals surface area contributed by atoms with Gasteiger partial charge in [0.25, 0.3) is 0 Å². The molecule has 188 valence electrons. The van der Waals surface area contributed by atoms with E-state index in [2.05, 4.69) is 14.9 Å². The Hall–Kier alpha value is -2.90. The van der Waals surface area contributed by atoms with E-state index in [1.807, 2.05) is 0 Å². The van der Waals surface area contributed by atoms with Gasteiger partial charge >= 0.3 is 51.4 Å². The Labute approximate surface area is 257 Å². The summed E-state index contributed by atoms with van der Waals surface area (Å²) in [4.78, 5) is 34.2. The maximum atomic E-state index is 16.0. The van der Waals surface area contributed by atoms with Crippen LogP contribution in [0.1, 0.15) is 40.4 Å². The van der Waals surface area contributed by atoms with Crippen molar-refractivity contribution in [1.82, 2.24) is 14.5 Å². The summed E-state index contributed by atoms with van der Waals surface area (Å²) in [5.41, 5.74) is 12.4. The molecule has 2 aromatic carbocycles. The molecule has 0 saturated heterocycles. The van der Waals surface area contributed by atoms with Gasteiger partial charge in [-0.25, -0.2) is 13.8 Å². The molecule has 1 fully saturated rings. The van der Waals surface area contributed by atoms with Crippen LogP contribution in [0.15, 0.2) is 41.5 Å². The summed E-state index contributed by atoms with van der Waals surface area (Å²) in [6.45, 7) is 1.12. The van der Waals surface area contributed by atoms with Crippen LogP contribution in [0.3, 0.4) is 0 Å². The molecule has 38 heavy (non-hydrogen) atoms. The van der Waals surface area contributed by atoms with E-state index < -0.39 is 28.6 Å². The van der Waals surface area contributed by atoms with Crippen LogP contribution in [0.5, 0.6) is 0 Å². The molecule has 4 N–H and O–H groups in total. The van der Waals surface area contributed by atoms with Gasteiger partial charge in [-0.15, -0.1) is 0 Å². The number of fused-ring (bicyclic) bond motifs is 2. The average molecular weight is 543 g/mol. The third-order valence-electron chi connectivity index (χ3n) is 7.01. The average Bonchev–Trinajstić information content (AvgIpc) is 3.62. The van der Waals surface area contributed by atoms with E-state index >= 15 is 8.78 Å². The molecule has 0 unspecified atom stereocenters. The molecule has 3 heterocycles. The Bertz CT molecular complexity index is 1690. The number of anilines is 3. The van der Waals surface area contributed by atoms with E-state index in [1.165, 1.54) is 4.57 Å². The third kappa shape index (κ3) is 4.49. The molecule has 0 atom stereocenters. The first kappa shape index (κ1) is 26.7. The molecule has 6 rings (SSSR count). The largest absolute Gasteiger partial charge is 1.00 e. The number of benzene rings is 2. The van der Waals surface area contributed by atoms with Crippen LogP contribution in [-0.4, -0.2) is 27.0 Å². The molecule has 2 aromatic heterocycles. The van der Waals surface area contributed by atoms with E-state index in [-0.39, 0.29) is 79.8 Å². The fourth-order valence-electron chi connectivity index (χ4n) is 5.04. The molecular formula is C26H21F2KN6O3. The van der Waals surface area contributed by atoms with Gasteiger partial charge in [-0.1, -0.05) is 6.07 Å². The number of aromatic carboxylic acids is 1. The Morgan fingerprint density at radius 3 is 2.63 bits per heavy atom. The van der Waals surface area contributed by atoms with Crippen molar-refractivity contribution in [3.63, 3.8) is 0 Å². The summed E-state index contributed by atoms with van der Waals surface area (Å²) in [6.07, 6.45) is 4.74. The van der Waals surface area contributed by atoms with E-state index in [0.717, 1.165) is 23.5 Å². The number of rotatable bonds is 5. The molecule has 0 bridgehead atoms. The number of carboxylic acid groups (broad SMARTS) is 1. The van der Waals surface area contributed by atoms with E-state index in [1.54, 1.807) is 24.4 Å². The Morgan fingerprint density at radius 2 is 1.95 bits per heavy atom. The number of halogens is 2. The number of nitrogens with two attached hydrogens (primary N) is 2. The topological polar surface area (TPSA) is 143 Å². The molecule has 2 aliphatic rings. The standard InChI is InChI=1S/C26H22F2N6O3.K/c27-18-8-16-22(34(15-2-3-15)11-17(23(16)35)25(36)37)21(28)20(18)13-1-4-19-12(7-13)5-6-33(19)10-14-9-31-26(30)32-24(14)29;/h1,4,7-9,11,15H,2-3,5-6,10H2,(H,36,37)(H4,29,30,31,32);/q;+1/p-1. The third-order valence-corrected chi connectivity index (χ3v) is 7.01. The van der Waals surface area contributed by atoms with Crippen LogP contribution in [0, 0.1) is 11.6 Å². The number of hydrogen-bond acceptors (Lipinski definition) is 8. The monoisotopic (exact) mass is 542 g/mol. The van der Waals surface area contributed by atoms with Gasteiger partial charge in [0.05, 0.1) is 28.0 Å². The molecule has 0 spiro atoms. The summed E-state index contributed by atoms with van der Waals surface area (Å²) in [5.74, 6) is -3.13. The first-order valence-corrected chi connectivity index (χ1v) is 11.8. The second-order valence-corrected chi connectivity index (χ2v) is 9.40. The van der Waals surface area contributed by atoms with Crippen LogP contribution >= 0.6 is 0 Å². The first-order chi connectivity index (χ1) is 17.7. The number of hydrogen-bond donors (Lipinski definition) is 2. The minimum Gasteiger partial charge on any atom is -0.545 e. The fraction of sp³-hybridized carbons (Fsp3) is 0.231. The normalized spacial score (nSPS) is 14.4. The van der Waals surface area contributed by atoms with Crippen molar-refractivity contribution in [2.45, 2.75) is 31.8 Å². The summed E-state index contributed by atoms with van der Waals surface area (Å²) >= 11 is 0. The van der Waals surface area contributed by atoms with Crippen molar-refractivity contribution in [2.75, 3.05) is 22.9 Å². The minimum absolute atomic E-state index is 0. The number of carbonyl (C=O) groups is 1. The maximum absolute atomic E-state index is 16.0. The zero-order chi connectivity index (χ0) is 26.0. The van der Waals surface area contributed by atoms with E-state index in [0.29, 0.717) is 49.3 Å². The molecular weight excluding hydrogens is 521 g/mol. The quantitative estimate of drug-likeness (QED) is 0.311. The van der Waals surface area contributed by atoms with E-state index in [4.69, 9.17) is 11.5 Å². The summed E-state index contributed by atoms with van der Waals surface area (Å²) in [7, 11) is 0. The van der Waals surface area contributed by atoms with Crippen molar-refractivity contribution in [3.05, 3.63) is 75.2 Å². The second-order valence-electron chi connectivity index (χ2n) is 9.40. The van der Waals surface area contributed by atoms with Gasteiger partial charge in [0.1, 0.15) is 11.6 Å². The molecule has 4 aromatic rings. The smallest absolute Gasteiger partial charge is 0.545 e. The number of carboxylic acids is 1. The van der Waals surface area contributed by atoms with Crippen LogP contribution in [0.25, 0.3) is 22.0 Å². The van der Waals surface area contributed by atoms with Gasteiger partial charge in [-0.3, -0.25) is 4.79 Å². The van der Waals surface area contributed by atoms with Crippen molar-refractivity contribution < 1.29 is 70.1 Å². The Morgan fingerprint density at radius 1 is 1.18 bits per heavy atom. The van der Waals surface area contributed by atoms with Crippen LogP contribution < -0.4 is 78.3 Å². The summed E-state index contributed by atoms with van der Waals surface area (Å²) < 4.78 is 32.7. The van der Waals surface area contributed by atoms with Crippen LogP contribution in [-0.2, 0) is 13.0 Å². The second kappa shape index (κ2) is 10.0. The number of nitrogens with zero attached hydrogens (tertiary/aromatic N) is 4. The minimum atomic E-state index is -1.68. The fourth-order valence-corrected chi connectivity index (χ4v) is 5.04. The predicted octanol–water partition coefficient (Wildman–Crippen LogP) is -0.834. The van der Waals surface area contributed by atoms with Gasteiger partial charge in [0.15, 0.2) is 11.2 Å². The van der Waals surface area contributed by atoms with Gasteiger partial charge in [-0.05, 0) is 48.6 Å². The zero-order valence-corrected chi connectivity index (χ0v) is 23.6. The van der Waals surface area contributed by atoms with Crippen LogP contribution in [0.4, 0.5) is 26.2 Å². The van der Waals surface area contributed by atoms with Crippen LogP contribution in [0.2, 0.25) is 0 Å². The SMILES string of the molecule is Nc1ncc(CN2CCc3cc(-c4c(F)cc5c(=O)c(C(=O)[O-])cn(C6CC6)c5c4F)ccc32)c(N)n1.[K+]. The van der Waals surface area contributed by atoms with Gasteiger partial charge < -0.3 is 30.8 Å². The van der Waals surface area contributed by atoms with Crippen molar-refractivity contribution in [3.8, 4) is 11.1 Å². The molecule has 0 amide bonds. The molecule has 1 aliphatic heterocycles. The van der Waals surface area contributed by atoms with Crippen molar-refractivity contribution >= 4 is 34.3 Å². The van der Waals surface area contributed by atoms with Crippen molar-refractivity contribution in [1.29, 1.82) is 0 Å². The number of carbonyl (C=O) groups excluding carboxylic acids is 1. The number of aromatic nitrogens is 3. The number of pyridine rings is 1. The molecule has 1 aliphatic carbocycles. The van der Waals surface area contributed by atoms with E-state index in [9.17, 15) is 14.7 Å². The number of nitrogen functional groups attached to an aromatic ring is 2. The molecule has 12 heteroatoms. The van der Waals surface area contributed by atoms with Gasteiger partial charge in [-0.2, -0.15) is 4.98 Å². The molecule has 0 radical (unpaired) electrons. The Kier molecular flexibility index (Phi) is 7.03.